The van der Waals surface area contributed by atoms with Crippen LogP contribution in [0.3, 0.4) is 0 Å². The van der Waals surface area contributed by atoms with Crippen molar-refractivity contribution in [1.82, 2.24) is 4.72 Å². The number of rotatable bonds is 6. The Morgan fingerprint density at radius 1 is 1.47 bits per heavy atom. The van der Waals surface area contributed by atoms with Crippen molar-refractivity contribution in [3.05, 3.63) is 23.8 Å². The van der Waals surface area contributed by atoms with E-state index in [9.17, 15) is 13.5 Å². The lowest BCUT2D eigenvalue weighted by Crippen LogP contribution is -2.42. The number of nitrogens with one attached hydrogen (secondary N) is 1. The Hall–Kier alpha value is -0.760. The Balaban J connectivity index is 2.94. The standard InChI is InChI=1S/C12H20N2O3S2/c1-9-5-4-6-10(13)11(9)19(16,17)14-7-12(2,15)8-18-3/h4-6,14-15H,7-8,13H2,1-3H3. The number of hydrogen-bond donors (Lipinski definition) is 3. The third kappa shape index (κ3) is 4.38. The predicted octanol–water partition coefficient (Wildman–Crippen LogP) is 0.970. The lowest BCUT2D eigenvalue weighted by atomic mass is 10.1. The SMILES string of the molecule is CSCC(C)(O)CNS(=O)(=O)c1c(C)cccc1N. The molecule has 0 saturated heterocycles. The highest BCUT2D eigenvalue weighted by Crippen LogP contribution is 2.22. The van der Waals surface area contributed by atoms with Crippen molar-refractivity contribution < 1.29 is 13.5 Å². The molecule has 0 amide bonds. The molecule has 0 aliphatic rings. The van der Waals surface area contributed by atoms with Gasteiger partial charge in [-0.25, -0.2) is 13.1 Å². The minimum atomic E-state index is -3.72. The van der Waals surface area contributed by atoms with E-state index in [2.05, 4.69) is 4.72 Å². The molecule has 0 heterocycles. The van der Waals surface area contributed by atoms with E-state index in [1.165, 1.54) is 11.8 Å². The summed E-state index contributed by atoms with van der Waals surface area (Å²) in [5, 5.41) is 9.98. The first-order valence-electron chi connectivity index (χ1n) is 5.76. The van der Waals surface area contributed by atoms with Gasteiger partial charge in [0.1, 0.15) is 4.90 Å². The zero-order chi connectivity index (χ0) is 14.7. The maximum Gasteiger partial charge on any atom is 0.242 e. The van der Waals surface area contributed by atoms with Crippen molar-refractivity contribution in [3.63, 3.8) is 0 Å². The van der Waals surface area contributed by atoms with Gasteiger partial charge in [-0.2, -0.15) is 11.8 Å². The second-order valence-corrected chi connectivity index (χ2v) is 7.32. The fourth-order valence-electron chi connectivity index (χ4n) is 1.73. The Bertz CT molecular complexity index is 522. The van der Waals surface area contributed by atoms with Crippen LogP contribution in [0.15, 0.2) is 23.1 Å². The lowest BCUT2D eigenvalue weighted by molar-refractivity contribution is 0.0908. The Labute approximate surface area is 118 Å². The molecule has 7 heteroatoms. The summed E-state index contributed by atoms with van der Waals surface area (Å²) in [6.45, 7) is 3.22. The van der Waals surface area contributed by atoms with Crippen LogP contribution in [-0.4, -0.2) is 37.7 Å². The average Bonchev–Trinajstić information content (AvgIpc) is 2.26. The molecule has 0 spiro atoms. The van der Waals surface area contributed by atoms with E-state index >= 15 is 0 Å². The third-order valence-corrected chi connectivity index (χ3v) is 5.14. The molecular weight excluding hydrogens is 284 g/mol. The summed E-state index contributed by atoms with van der Waals surface area (Å²) < 4.78 is 26.8. The number of aryl methyl sites for hydroxylation is 1. The van der Waals surface area contributed by atoms with Gasteiger partial charge in [0.15, 0.2) is 0 Å². The first kappa shape index (κ1) is 16.3. The first-order valence-corrected chi connectivity index (χ1v) is 8.63. The number of benzene rings is 1. The van der Waals surface area contributed by atoms with E-state index in [1.807, 2.05) is 6.26 Å². The normalized spacial score (nSPS) is 15.2. The van der Waals surface area contributed by atoms with Gasteiger partial charge in [0.2, 0.25) is 10.0 Å². The third-order valence-electron chi connectivity index (χ3n) is 2.61. The summed E-state index contributed by atoms with van der Waals surface area (Å²) >= 11 is 1.45. The van der Waals surface area contributed by atoms with Gasteiger partial charge >= 0.3 is 0 Å². The molecule has 19 heavy (non-hydrogen) atoms. The number of thioether (sulfide) groups is 1. The maximum atomic E-state index is 12.2. The van der Waals surface area contributed by atoms with E-state index in [0.717, 1.165) is 0 Å². The van der Waals surface area contributed by atoms with E-state index < -0.39 is 15.6 Å². The van der Waals surface area contributed by atoms with Crippen LogP contribution >= 0.6 is 11.8 Å². The van der Waals surface area contributed by atoms with Gasteiger partial charge in [-0.3, -0.25) is 0 Å². The molecule has 5 nitrogen and oxygen atoms in total. The zero-order valence-electron chi connectivity index (χ0n) is 11.3. The Kier molecular flexibility index (Phi) is 5.26. The minimum absolute atomic E-state index is 0.0516. The summed E-state index contributed by atoms with van der Waals surface area (Å²) in [5.41, 5.74) is 5.41. The van der Waals surface area contributed by atoms with Crippen molar-refractivity contribution in [2.45, 2.75) is 24.3 Å². The molecule has 1 aromatic carbocycles. The molecule has 0 aromatic heterocycles. The van der Waals surface area contributed by atoms with E-state index in [1.54, 1.807) is 32.0 Å². The van der Waals surface area contributed by atoms with Gasteiger partial charge in [-0.15, -0.1) is 0 Å². The van der Waals surface area contributed by atoms with Crippen molar-refractivity contribution in [3.8, 4) is 0 Å². The van der Waals surface area contributed by atoms with Crippen LogP contribution < -0.4 is 10.5 Å². The molecule has 0 saturated carbocycles. The van der Waals surface area contributed by atoms with Gasteiger partial charge in [0, 0.05) is 12.3 Å². The smallest absolute Gasteiger partial charge is 0.242 e. The monoisotopic (exact) mass is 304 g/mol. The molecule has 108 valence electrons. The molecule has 0 aliphatic carbocycles. The first-order chi connectivity index (χ1) is 8.69. The number of sulfonamides is 1. The molecule has 0 radical (unpaired) electrons. The number of anilines is 1. The number of hydrogen-bond acceptors (Lipinski definition) is 5. The van der Waals surface area contributed by atoms with Gasteiger partial charge < -0.3 is 10.8 Å². The molecule has 4 N–H and O–H groups in total. The molecule has 1 rings (SSSR count). The van der Waals surface area contributed by atoms with Crippen LogP contribution in [-0.2, 0) is 10.0 Å². The lowest BCUT2D eigenvalue weighted by Gasteiger charge is -2.23. The van der Waals surface area contributed by atoms with Crippen LogP contribution in [0.25, 0.3) is 0 Å². The predicted molar refractivity (Wildman–Crippen MR) is 79.8 cm³/mol. The van der Waals surface area contributed by atoms with Crippen molar-refractivity contribution in [2.24, 2.45) is 0 Å². The number of aliphatic hydroxyl groups is 1. The summed E-state index contributed by atoms with van der Waals surface area (Å²) in [4.78, 5) is 0.0787. The van der Waals surface area contributed by atoms with Gasteiger partial charge in [0.25, 0.3) is 0 Å². The molecule has 1 atom stereocenters. The van der Waals surface area contributed by atoms with Crippen molar-refractivity contribution >= 4 is 27.5 Å². The van der Waals surface area contributed by atoms with E-state index in [0.29, 0.717) is 11.3 Å². The largest absolute Gasteiger partial charge is 0.398 e. The summed E-state index contributed by atoms with van der Waals surface area (Å²) in [5.74, 6) is 0.443. The molecular formula is C12H20N2O3S2. The average molecular weight is 304 g/mol. The minimum Gasteiger partial charge on any atom is -0.398 e. The molecule has 1 aromatic rings. The highest BCUT2D eigenvalue weighted by Gasteiger charge is 2.25. The van der Waals surface area contributed by atoms with Crippen LogP contribution in [0, 0.1) is 6.92 Å². The van der Waals surface area contributed by atoms with Gasteiger partial charge in [-0.1, -0.05) is 12.1 Å². The maximum absolute atomic E-state index is 12.2. The quantitative estimate of drug-likeness (QED) is 0.681. The molecule has 1 unspecified atom stereocenters. The van der Waals surface area contributed by atoms with E-state index in [-0.39, 0.29) is 17.1 Å². The zero-order valence-corrected chi connectivity index (χ0v) is 12.9. The molecule has 0 fully saturated rings. The highest BCUT2D eigenvalue weighted by molar-refractivity contribution is 7.98. The van der Waals surface area contributed by atoms with Crippen LogP contribution in [0.1, 0.15) is 12.5 Å². The van der Waals surface area contributed by atoms with E-state index in [4.69, 9.17) is 5.73 Å². The van der Waals surface area contributed by atoms with Gasteiger partial charge in [0.05, 0.1) is 11.3 Å². The highest BCUT2D eigenvalue weighted by atomic mass is 32.2. The number of nitrogens with two attached hydrogens (primary N) is 1. The molecule has 0 aliphatic heterocycles. The van der Waals surface area contributed by atoms with Crippen LogP contribution in [0.4, 0.5) is 5.69 Å². The topological polar surface area (TPSA) is 92.4 Å². The Morgan fingerprint density at radius 2 is 2.11 bits per heavy atom. The second-order valence-electron chi connectivity index (χ2n) is 4.75. The van der Waals surface area contributed by atoms with Crippen molar-refractivity contribution in [1.29, 1.82) is 0 Å². The Morgan fingerprint density at radius 3 is 2.63 bits per heavy atom. The van der Waals surface area contributed by atoms with Gasteiger partial charge in [-0.05, 0) is 31.7 Å². The van der Waals surface area contributed by atoms with Crippen LogP contribution in [0.2, 0.25) is 0 Å². The summed E-state index contributed by atoms with van der Waals surface area (Å²) in [6.07, 6.45) is 1.85. The fraction of sp³-hybridized carbons (Fsp3) is 0.500. The van der Waals surface area contributed by atoms with Crippen LogP contribution in [0.5, 0.6) is 0 Å². The molecule has 0 bridgehead atoms. The summed E-state index contributed by atoms with van der Waals surface area (Å²) in [7, 11) is -3.72. The number of nitrogen functional groups attached to an aromatic ring is 1. The summed E-state index contributed by atoms with van der Waals surface area (Å²) in [6, 6.07) is 4.93. The van der Waals surface area contributed by atoms with Crippen molar-refractivity contribution in [2.75, 3.05) is 24.3 Å². The fourth-order valence-corrected chi connectivity index (χ4v) is 3.97. The second kappa shape index (κ2) is 6.13.